The van der Waals surface area contributed by atoms with Crippen LogP contribution in [0.1, 0.15) is 49.8 Å². The van der Waals surface area contributed by atoms with Crippen LogP contribution in [0.25, 0.3) is 0 Å². The molecule has 0 bridgehead atoms. The van der Waals surface area contributed by atoms with Gasteiger partial charge in [0.2, 0.25) is 15.9 Å². The Hall–Kier alpha value is -2.73. The van der Waals surface area contributed by atoms with Gasteiger partial charge in [-0.2, -0.15) is 9.57 Å². The summed E-state index contributed by atoms with van der Waals surface area (Å²) in [5.74, 6) is -0.201. The molecular formula is C25H32N4O3S. The zero-order chi connectivity index (χ0) is 24.0. The molecule has 33 heavy (non-hydrogen) atoms. The standard InChI is InChI=1S/C25H32N4O3S/c1-19(2)28(17-22-10-8-21(16-26)9-11-22)18-25(30)27-24-15-23(12-7-20(24)3)33(31,32)29-13-5-4-6-14-29/h7-12,15,19H,4-6,13-14,17-18H2,1-3H3,(H,27,30). The number of nitriles is 1. The van der Waals surface area contributed by atoms with E-state index in [1.165, 1.54) is 4.31 Å². The van der Waals surface area contributed by atoms with Crippen molar-refractivity contribution >= 4 is 21.6 Å². The van der Waals surface area contributed by atoms with Gasteiger partial charge in [-0.3, -0.25) is 9.69 Å². The first-order chi connectivity index (χ1) is 15.7. The molecule has 0 unspecified atom stereocenters. The van der Waals surface area contributed by atoms with Crippen LogP contribution < -0.4 is 5.32 Å². The number of aryl methyl sites for hydroxylation is 1. The molecule has 1 N–H and O–H groups in total. The van der Waals surface area contributed by atoms with Gasteiger partial charge in [-0.15, -0.1) is 0 Å². The molecule has 1 aliphatic heterocycles. The summed E-state index contributed by atoms with van der Waals surface area (Å²) < 4.78 is 27.6. The molecule has 0 radical (unpaired) electrons. The van der Waals surface area contributed by atoms with E-state index in [0.717, 1.165) is 30.4 Å². The van der Waals surface area contributed by atoms with Gasteiger partial charge < -0.3 is 5.32 Å². The van der Waals surface area contributed by atoms with Crippen molar-refractivity contribution in [3.05, 3.63) is 59.2 Å². The fourth-order valence-corrected chi connectivity index (χ4v) is 5.41. The summed E-state index contributed by atoms with van der Waals surface area (Å²) in [5, 5.41) is 11.9. The Morgan fingerprint density at radius 3 is 2.39 bits per heavy atom. The van der Waals surface area contributed by atoms with Crippen molar-refractivity contribution in [2.45, 2.75) is 57.5 Å². The van der Waals surface area contributed by atoms with Crippen molar-refractivity contribution < 1.29 is 13.2 Å². The van der Waals surface area contributed by atoms with Gasteiger partial charge in [0.1, 0.15) is 0 Å². The van der Waals surface area contributed by atoms with Gasteiger partial charge in [0.15, 0.2) is 0 Å². The Bertz CT molecular complexity index is 1120. The summed E-state index contributed by atoms with van der Waals surface area (Å²) in [4.78, 5) is 15.1. The largest absolute Gasteiger partial charge is 0.325 e. The molecule has 8 heteroatoms. The van der Waals surface area contributed by atoms with Crippen LogP contribution in [-0.4, -0.2) is 49.2 Å². The highest BCUT2D eigenvalue weighted by Crippen LogP contribution is 2.25. The second kappa shape index (κ2) is 10.9. The summed E-state index contributed by atoms with van der Waals surface area (Å²) in [7, 11) is -3.57. The third kappa shape index (κ3) is 6.41. The number of piperidine rings is 1. The highest BCUT2D eigenvalue weighted by molar-refractivity contribution is 7.89. The van der Waals surface area contributed by atoms with E-state index in [1.807, 2.05) is 37.8 Å². The van der Waals surface area contributed by atoms with Crippen molar-refractivity contribution in [3.8, 4) is 6.07 Å². The molecule has 1 amide bonds. The topological polar surface area (TPSA) is 93.5 Å². The van der Waals surface area contributed by atoms with E-state index in [2.05, 4.69) is 11.4 Å². The van der Waals surface area contributed by atoms with Gasteiger partial charge in [0.05, 0.1) is 23.1 Å². The molecule has 1 aliphatic rings. The minimum absolute atomic E-state index is 0.123. The fourth-order valence-electron chi connectivity index (χ4n) is 3.86. The zero-order valence-electron chi connectivity index (χ0n) is 19.5. The third-order valence-corrected chi connectivity index (χ3v) is 7.88. The monoisotopic (exact) mass is 468 g/mol. The van der Waals surface area contributed by atoms with Crippen LogP contribution in [0.5, 0.6) is 0 Å². The van der Waals surface area contributed by atoms with Crippen LogP contribution in [0.3, 0.4) is 0 Å². The van der Waals surface area contributed by atoms with Crippen molar-refractivity contribution in [3.63, 3.8) is 0 Å². The Labute approximate surface area is 197 Å². The van der Waals surface area contributed by atoms with Crippen molar-refractivity contribution in [1.29, 1.82) is 5.26 Å². The SMILES string of the molecule is Cc1ccc(S(=O)(=O)N2CCCCC2)cc1NC(=O)CN(Cc1ccc(C#N)cc1)C(C)C. The number of nitrogens with zero attached hydrogens (tertiary/aromatic N) is 3. The molecule has 3 rings (SSSR count). The zero-order valence-corrected chi connectivity index (χ0v) is 20.4. The van der Waals surface area contributed by atoms with E-state index in [1.54, 1.807) is 30.3 Å². The molecule has 0 spiro atoms. The smallest absolute Gasteiger partial charge is 0.243 e. The van der Waals surface area contributed by atoms with Crippen LogP contribution in [-0.2, 0) is 21.4 Å². The molecule has 0 saturated carbocycles. The van der Waals surface area contributed by atoms with Crippen molar-refractivity contribution in [2.24, 2.45) is 0 Å². The highest BCUT2D eigenvalue weighted by atomic mass is 32.2. The molecule has 176 valence electrons. The second-order valence-corrected chi connectivity index (χ2v) is 10.7. The summed E-state index contributed by atoms with van der Waals surface area (Å²) in [5.41, 5.74) is 2.94. The first-order valence-corrected chi connectivity index (χ1v) is 12.8. The molecule has 7 nitrogen and oxygen atoms in total. The number of rotatable bonds is 8. The van der Waals surface area contributed by atoms with Crippen LogP contribution in [0.15, 0.2) is 47.4 Å². The molecular weight excluding hydrogens is 436 g/mol. The lowest BCUT2D eigenvalue weighted by Crippen LogP contribution is -2.37. The quantitative estimate of drug-likeness (QED) is 0.634. The van der Waals surface area contributed by atoms with Crippen LogP contribution in [0.2, 0.25) is 0 Å². The fraction of sp³-hybridized carbons (Fsp3) is 0.440. The van der Waals surface area contributed by atoms with Crippen LogP contribution in [0.4, 0.5) is 5.69 Å². The van der Waals surface area contributed by atoms with Gasteiger partial charge in [-0.25, -0.2) is 8.42 Å². The van der Waals surface area contributed by atoms with E-state index < -0.39 is 10.0 Å². The van der Waals surface area contributed by atoms with E-state index >= 15 is 0 Å². The van der Waals surface area contributed by atoms with Gasteiger partial charge in [-0.1, -0.05) is 24.6 Å². The lowest BCUT2D eigenvalue weighted by Gasteiger charge is -2.27. The molecule has 0 atom stereocenters. The highest BCUT2D eigenvalue weighted by Gasteiger charge is 2.26. The molecule has 1 saturated heterocycles. The van der Waals surface area contributed by atoms with Crippen molar-refractivity contribution in [1.82, 2.24) is 9.21 Å². The Morgan fingerprint density at radius 2 is 1.79 bits per heavy atom. The Kier molecular flexibility index (Phi) is 8.25. The number of carbonyl (C=O) groups excluding carboxylic acids is 1. The first kappa shape index (κ1) is 24.9. The maximum Gasteiger partial charge on any atom is 0.243 e. The predicted octanol–water partition coefficient (Wildman–Crippen LogP) is 3.89. The van der Waals surface area contributed by atoms with E-state index in [-0.39, 0.29) is 23.4 Å². The molecule has 2 aromatic rings. The molecule has 0 aliphatic carbocycles. The molecule has 0 aromatic heterocycles. The minimum Gasteiger partial charge on any atom is -0.325 e. The maximum absolute atomic E-state index is 13.0. The molecule has 1 heterocycles. The summed E-state index contributed by atoms with van der Waals surface area (Å²) in [6, 6.07) is 14.5. The maximum atomic E-state index is 13.0. The second-order valence-electron chi connectivity index (χ2n) is 8.80. The molecule has 1 fully saturated rings. The van der Waals surface area contributed by atoms with E-state index in [0.29, 0.717) is 30.9 Å². The Morgan fingerprint density at radius 1 is 1.12 bits per heavy atom. The predicted molar refractivity (Wildman–Crippen MR) is 129 cm³/mol. The van der Waals surface area contributed by atoms with Crippen LogP contribution >= 0.6 is 0 Å². The minimum atomic E-state index is -3.57. The first-order valence-electron chi connectivity index (χ1n) is 11.3. The number of sulfonamides is 1. The number of benzene rings is 2. The van der Waals surface area contributed by atoms with Gasteiger partial charge in [0, 0.05) is 31.4 Å². The number of nitrogens with one attached hydrogen (secondary N) is 1. The lowest BCUT2D eigenvalue weighted by molar-refractivity contribution is -0.117. The van der Waals surface area contributed by atoms with Crippen LogP contribution in [0, 0.1) is 18.3 Å². The number of hydrogen-bond acceptors (Lipinski definition) is 5. The van der Waals surface area contributed by atoms with Gasteiger partial charge in [-0.05, 0) is 69.0 Å². The van der Waals surface area contributed by atoms with E-state index in [9.17, 15) is 13.2 Å². The third-order valence-electron chi connectivity index (χ3n) is 5.98. The molecule has 2 aromatic carbocycles. The lowest BCUT2D eigenvalue weighted by atomic mass is 10.1. The van der Waals surface area contributed by atoms with Gasteiger partial charge in [0.25, 0.3) is 0 Å². The van der Waals surface area contributed by atoms with E-state index in [4.69, 9.17) is 5.26 Å². The summed E-state index contributed by atoms with van der Waals surface area (Å²) in [6.45, 7) is 7.71. The number of carbonyl (C=O) groups is 1. The van der Waals surface area contributed by atoms with Crippen molar-refractivity contribution in [2.75, 3.05) is 25.0 Å². The number of hydrogen-bond donors (Lipinski definition) is 1. The number of amides is 1. The average Bonchev–Trinajstić information content (AvgIpc) is 2.81. The van der Waals surface area contributed by atoms with Gasteiger partial charge >= 0.3 is 0 Å². The Balaban J connectivity index is 1.71. The summed E-state index contributed by atoms with van der Waals surface area (Å²) >= 11 is 0. The average molecular weight is 469 g/mol. The summed E-state index contributed by atoms with van der Waals surface area (Å²) in [6.07, 6.45) is 2.80. The number of anilines is 1. The normalized spacial score (nSPS) is 14.9.